The molecule has 0 aliphatic carbocycles. The summed E-state index contributed by atoms with van der Waals surface area (Å²) in [5, 5.41) is 68.4. The van der Waals surface area contributed by atoms with Crippen molar-refractivity contribution in [2.24, 2.45) is 0 Å². The first-order chi connectivity index (χ1) is 12.5. The van der Waals surface area contributed by atoms with Gasteiger partial charge < -0.3 is 59.7 Å². The Kier molecular flexibility index (Phi) is 7.68. The topological polar surface area (TPSA) is 236 Å². The minimum atomic E-state index is -4.92. The molecule has 10 atom stereocenters. The van der Waals surface area contributed by atoms with Gasteiger partial charge in [0.2, 0.25) is 0 Å². The lowest BCUT2D eigenvalue weighted by Crippen LogP contribution is -2.64. The summed E-state index contributed by atoms with van der Waals surface area (Å²) in [5.74, 6) is 0. The molecule has 160 valence electrons. The van der Waals surface area contributed by atoms with Gasteiger partial charge in [-0.15, -0.1) is 0 Å². The Hall–Kier alpha value is -0.290. The van der Waals surface area contributed by atoms with Gasteiger partial charge in [-0.05, 0) is 0 Å². The molecule has 2 fully saturated rings. The average molecular weight is 446 g/mol. The van der Waals surface area contributed by atoms with Crippen molar-refractivity contribution in [2.45, 2.75) is 61.4 Å². The molecule has 0 saturated carbocycles. The lowest BCUT2D eigenvalue weighted by molar-refractivity contribution is -0.361. The summed E-state index contributed by atoms with van der Waals surface area (Å²) < 4.78 is 30.1. The minimum Gasteiger partial charge on any atom is -0.394 e. The highest BCUT2D eigenvalue weighted by atomic mass is 31.2. The number of phosphoric acid groups is 1. The van der Waals surface area contributed by atoms with E-state index < -0.39 is 82.4 Å². The van der Waals surface area contributed by atoms with Gasteiger partial charge in [-0.1, -0.05) is 0 Å². The molecule has 15 heteroatoms. The second-order valence-electron chi connectivity index (χ2n) is 6.13. The standard InChI is InChI=1S/C12H23O14P/c13-1-3-5(14)8(17)10(11(19)24-3)26-12-9(18)7(16)6(15)4(25-12)2-23-27(20,21)22/h3-19H,1-2H2,(H2,20,21,22)/t3-,4-,5-,6-,7+,8+,9+,10+,11?,12-/m1/s1/i1+2,2+2,3+2,4+2,5+2,6+2,7+2,8+2,9+2,10+2,11+2,12+2. The van der Waals surface area contributed by atoms with Gasteiger partial charge in [-0.3, -0.25) is 4.52 Å². The van der Waals surface area contributed by atoms with E-state index in [1.54, 1.807) is 0 Å². The van der Waals surface area contributed by atoms with Crippen LogP contribution in [0, 0.1) is 0 Å². The van der Waals surface area contributed by atoms with Crippen LogP contribution in [0.4, 0.5) is 0 Å². The third-order valence-corrected chi connectivity index (χ3v) is 4.69. The monoisotopic (exact) mass is 446 g/mol. The molecule has 2 aliphatic heterocycles. The Balaban J connectivity index is 2.08. The van der Waals surface area contributed by atoms with Gasteiger partial charge in [0, 0.05) is 0 Å². The van der Waals surface area contributed by atoms with Crippen molar-refractivity contribution in [1.82, 2.24) is 0 Å². The molecule has 2 rings (SSSR count). The van der Waals surface area contributed by atoms with Gasteiger partial charge in [0.15, 0.2) is 12.6 Å². The zero-order chi connectivity index (χ0) is 20.5. The van der Waals surface area contributed by atoms with Gasteiger partial charge in [0.25, 0.3) is 0 Å². The molecule has 14 nitrogen and oxygen atoms in total. The van der Waals surface area contributed by atoms with E-state index in [0.29, 0.717) is 0 Å². The summed E-state index contributed by atoms with van der Waals surface area (Å²) in [4.78, 5) is 17.4. The number of ether oxygens (including phenoxy) is 3. The van der Waals surface area contributed by atoms with Crippen LogP contribution in [-0.2, 0) is 23.3 Å². The molecule has 2 heterocycles. The van der Waals surface area contributed by atoms with Crippen LogP contribution in [0.5, 0.6) is 0 Å². The first kappa shape index (κ1) is 23.0. The number of rotatable bonds is 6. The highest BCUT2D eigenvalue weighted by Gasteiger charge is 2.50. The van der Waals surface area contributed by atoms with Crippen molar-refractivity contribution in [3.63, 3.8) is 0 Å². The number of aliphatic hydroxyl groups is 7. The van der Waals surface area contributed by atoms with Gasteiger partial charge in [-0.2, -0.15) is 0 Å². The van der Waals surface area contributed by atoms with Crippen molar-refractivity contribution < 1.29 is 68.8 Å². The highest BCUT2D eigenvalue weighted by molar-refractivity contribution is 7.46. The van der Waals surface area contributed by atoms with E-state index in [9.17, 15) is 35.2 Å². The van der Waals surface area contributed by atoms with E-state index in [-0.39, 0.29) is 0 Å². The van der Waals surface area contributed by atoms with E-state index in [1.807, 2.05) is 0 Å². The third-order valence-electron chi connectivity index (χ3n) is 4.21. The van der Waals surface area contributed by atoms with E-state index in [4.69, 9.17) is 29.1 Å². The Labute approximate surface area is 152 Å². The van der Waals surface area contributed by atoms with Crippen LogP contribution in [0.15, 0.2) is 0 Å². The summed E-state index contributed by atoms with van der Waals surface area (Å²) >= 11 is 0. The van der Waals surface area contributed by atoms with Crippen LogP contribution < -0.4 is 0 Å². The van der Waals surface area contributed by atoms with Crippen LogP contribution >= 0.6 is 7.82 Å². The van der Waals surface area contributed by atoms with Crippen LogP contribution in [0.3, 0.4) is 0 Å². The summed E-state index contributed by atoms with van der Waals surface area (Å²) in [6, 6.07) is 0. The zero-order valence-corrected chi connectivity index (χ0v) is 14.6. The predicted molar refractivity (Wildman–Crippen MR) is 79.5 cm³/mol. The molecule has 0 spiro atoms. The fraction of sp³-hybridized carbons (Fsp3) is 1.00. The summed E-state index contributed by atoms with van der Waals surface area (Å²) in [7, 11) is -4.92. The Morgan fingerprint density at radius 3 is 1.96 bits per heavy atom. The van der Waals surface area contributed by atoms with Gasteiger partial charge in [0.1, 0.15) is 48.8 Å². The molecule has 9 N–H and O–H groups in total. The second kappa shape index (κ2) is 9.02. The molecule has 0 radical (unpaired) electrons. The Morgan fingerprint density at radius 2 is 1.41 bits per heavy atom. The Bertz CT molecular complexity index is 528. The predicted octanol–water partition coefficient (Wildman–Crippen LogP) is -5.28. The first-order valence-corrected chi connectivity index (χ1v) is 9.35. The molecule has 0 amide bonds. The number of phosphoric ester groups is 1. The average Bonchev–Trinajstić information content (AvgIpc) is 2.59. The number of aliphatic hydroxyl groups excluding tert-OH is 7. The van der Waals surface area contributed by atoms with Gasteiger partial charge in [-0.25, -0.2) is 4.57 Å². The highest BCUT2D eigenvalue weighted by Crippen LogP contribution is 2.37. The third kappa shape index (κ3) is 5.41. The quantitative estimate of drug-likeness (QED) is 0.173. The lowest BCUT2D eigenvalue weighted by atomic mass is 11.8. The maximum Gasteiger partial charge on any atom is 0.469 e. The van der Waals surface area contributed by atoms with Crippen molar-refractivity contribution in [3.05, 3.63) is 0 Å². The van der Waals surface area contributed by atoms with Crippen LogP contribution in [-0.4, -0.2) is 120 Å². The summed E-state index contributed by atoms with van der Waals surface area (Å²) in [5.41, 5.74) is 0. The fourth-order valence-corrected chi connectivity index (χ4v) is 3.05. The van der Waals surface area contributed by atoms with E-state index in [1.165, 1.54) is 0 Å². The van der Waals surface area contributed by atoms with Gasteiger partial charge >= 0.3 is 7.82 Å². The van der Waals surface area contributed by atoms with Crippen LogP contribution in [0.25, 0.3) is 0 Å². The van der Waals surface area contributed by atoms with Crippen LogP contribution in [0.2, 0.25) is 0 Å². The van der Waals surface area contributed by atoms with E-state index in [0.717, 1.165) is 0 Å². The van der Waals surface area contributed by atoms with Crippen molar-refractivity contribution in [3.8, 4) is 0 Å². The zero-order valence-electron chi connectivity index (χ0n) is 13.7. The van der Waals surface area contributed by atoms with Crippen molar-refractivity contribution in [1.29, 1.82) is 0 Å². The molecule has 2 saturated heterocycles. The molecule has 27 heavy (non-hydrogen) atoms. The molecule has 0 bridgehead atoms. The fourth-order valence-electron chi connectivity index (χ4n) is 2.71. The number of hydrogen-bond donors (Lipinski definition) is 9. The van der Waals surface area contributed by atoms with Crippen molar-refractivity contribution >= 4 is 7.82 Å². The number of hydrogen-bond acceptors (Lipinski definition) is 12. The molecule has 0 aromatic heterocycles. The SMILES string of the molecule is O=P(O)(O)O[14CH2][14C@H]1O[14C@H](O[14C@@H]2[14CH](O)O[14C@H]([14CH2]O)[14C@@H](O)[14C@@H]2O)[14C@@H](O)[14C@@H](O)[14C@@H]1O. The largest absolute Gasteiger partial charge is 0.469 e. The lowest BCUT2D eigenvalue weighted by Gasteiger charge is -2.45. The minimum absolute atomic E-state index is 0.711. The maximum absolute atomic E-state index is 10.8. The van der Waals surface area contributed by atoms with Gasteiger partial charge in [0.05, 0.1) is 13.2 Å². The smallest absolute Gasteiger partial charge is 0.394 e. The molecule has 2 aliphatic rings. The normalized spacial score (nSPS) is 46.4. The van der Waals surface area contributed by atoms with Crippen LogP contribution in [0.1, 0.15) is 0 Å². The van der Waals surface area contributed by atoms with E-state index >= 15 is 0 Å². The molecule has 0 aromatic rings. The summed E-state index contributed by atoms with van der Waals surface area (Å²) in [6.45, 7) is -1.59. The molecule has 0 aromatic carbocycles. The molecular weight excluding hydrogens is 423 g/mol. The maximum atomic E-state index is 10.8. The van der Waals surface area contributed by atoms with Crippen molar-refractivity contribution in [2.75, 3.05) is 13.2 Å². The molecule has 1 unspecified atom stereocenters. The molecular formula is C12H23O14P. The second-order valence-corrected chi connectivity index (χ2v) is 7.37. The Morgan fingerprint density at radius 1 is 0.815 bits per heavy atom. The summed E-state index contributed by atoms with van der Waals surface area (Å²) in [6.07, 6.45) is -17.2. The first-order valence-electron chi connectivity index (χ1n) is 7.82. The van der Waals surface area contributed by atoms with E-state index in [2.05, 4.69) is 4.52 Å².